The SMILES string of the molecule is Cc1ccc(-c2cnc3c(c2)C(=O)N([C@H](C)CO)C[C@H](C)[C@H](CN(C)Cc2ccccc2F)O3)cc1. The normalized spacial score (nSPS) is 18.9. The van der Waals surface area contributed by atoms with E-state index >= 15 is 0 Å². The molecule has 1 aliphatic rings. The summed E-state index contributed by atoms with van der Waals surface area (Å²) in [5.41, 5.74) is 3.93. The summed E-state index contributed by atoms with van der Waals surface area (Å²) >= 11 is 0. The quantitative estimate of drug-likeness (QED) is 0.525. The summed E-state index contributed by atoms with van der Waals surface area (Å²) in [6.45, 7) is 7.12. The Morgan fingerprint density at radius 3 is 2.61 bits per heavy atom. The summed E-state index contributed by atoms with van der Waals surface area (Å²) in [6, 6.07) is 16.3. The van der Waals surface area contributed by atoms with Crippen molar-refractivity contribution in [3.8, 4) is 17.0 Å². The predicted molar refractivity (Wildman–Crippen MR) is 138 cm³/mol. The number of aryl methyl sites for hydroxylation is 1. The van der Waals surface area contributed by atoms with Crippen molar-refractivity contribution in [3.63, 3.8) is 0 Å². The fraction of sp³-hybridized carbons (Fsp3) is 0.379. The lowest BCUT2D eigenvalue weighted by Gasteiger charge is -2.37. The van der Waals surface area contributed by atoms with Gasteiger partial charge in [0.15, 0.2) is 0 Å². The Morgan fingerprint density at radius 2 is 1.92 bits per heavy atom. The summed E-state index contributed by atoms with van der Waals surface area (Å²) in [6.07, 6.45) is 1.43. The Balaban J connectivity index is 1.65. The molecule has 36 heavy (non-hydrogen) atoms. The average Bonchev–Trinajstić information content (AvgIpc) is 2.87. The van der Waals surface area contributed by atoms with Gasteiger partial charge in [-0.3, -0.25) is 9.69 Å². The lowest BCUT2D eigenvalue weighted by molar-refractivity contribution is 0.0324. The standard InChI is InChI=1S/C29H34FN3O3/c1-19-9-11-22(12-10-19)24-13-25-28(31-14-24)36-27(20(2)15-33(29(25)35)21(3)18-34)17-32(4)16-23-7-5-6-8-26(23)30/h5-14,20-21,27,34H,15-18H2,1-4H3/t20-,21+,27-/m0/s1. The molecule has 0 saturated carbocycles. The van der Waals surface area contributed by atoms with E-state index in [0.717, 1.165) is 16.7 Å². The summed E-state index contributed by atoms with van der Waals surface area (Å²) in [4.78, 5) is 21.9. The van der Waals surface area contributed by atoms with Crippen LogP contribution in [-0.4, -0.2) is 64.7 Å². The van der Waals surface area contributed by atoms with Crippen LogP contribution >= 0.6 is 0 Å². The number of fused-ring (bicyclic) bond motifs is 1. The van der Waals surface area contributed by atoms with Gasteiger partial charge in [0.05, 0.1) is 12.6 Å². The van der Waals surface area contributed by atoms with Gasteiger partial charge in [-0.15, -0.1) is 0 Å². The minimum Gasteiger partial charge on any atom is -0.472 e. The van der Waals surface area contributed by atoms with E-state index in [9.17, 15) is 14.3 Å². The first-order valence-electron chi connectivity index (χ1n) is 12.3. The number of nitrogens with zero attached hydrogens (tertiary/aromatic N) is 3. The van der Waals surface area contributed by atoms with Crippen molar-refractivity contribution in [2.45, 2.75) is 39.5 Å². The Bertz CT molecular complexity index is 1200. The highest BCUT2D eigenvalue weighted by Gasteiger charge is 2.34. The second-order valence-electron chi connectivity index (χ2n) is 9.85. The molecule has 1 aromatic heterocycles. The molecule has 0 saturated heterocycles. The van der Waals surface area contributed by atoms with Crippen molar-refractivity contribution in [2.24, 2.45) is 5.92 Å². The number of likely N-dealkylation sites (N-methyl/N-ethyl adjacent to an activating group) is 1. The number of carbonyl (C=O) groups is 1. The smallest absolute Gasteiger partial charge is 0.259 e. The number of carbonyl (C=O) groups excluding carboxylic acids is 1. The molecule has 3 aromatic rings. The Hall–Kier alpha value is -3.29. The second-order valence-corrected chi connectivity index (χ2v) is 9.85. The molecule has 0 spiro atoms. The molecule has 0 aliphatic carbocycles. The molecule has 6 nitrogen and oxygen atoms in total. The molecule has 0 radical (unpaired) electrons. The van der Waals surface area contributed by atoms with E-state index in [4.69, 9.17) is 4.74 Å². The number of aliphatic hydroxyl groups excluding tert-OH is 1. The molecule has 0 unspecified atom stereocenters. The van der Waals surface area contributed by atoms with Crippen LogP contribution in [0.15, 0.2) is 60.8 Å². The maximum atomic E-state index is 14.2. The largest absolute Gasteiger partial charge is 0.472 e. The van der Waals surface area contributed by atoms with Gasteiger partial charge in [-0.25, -0.2) is 9.37 Å². The summed E-state index contributed by atoms with van der Waals surface area (Å²) in [5.74, 6) is -0.210. The minimum atomic E-state index is -0.356. The van der Waals surface area contributed by atoms with E-state index in [0.29, 0.717) is 30.8 Å². The number of benzene rings is 2. The van der Waals surface area contributed by atoms with E-state index in [1.54, 1.807) is 23.2 Å². The van der Waals surface area contributed by atoms with Gasteiger partial charge >= 0.3 is 0 Å². The zero-order chi connectivity index (χ0) is 25.8. The fourth-order valence-electron chi connectivity index (χ4n) is 4.51. The maximum absolute atomic E-state index is 14.2. The molecule has 2 aromatic carbocycles. The van der Waals surface area contributed by atoms with Gasteiger partial charge in [0.2, 0.25) is 5.88 Å². The average molecular weight is 492 g/mol. The number of pyridine rings is 1. The van der Waals surface area contributed by atoms with Crippen molar-refractivity contribution >= 4 is 5.91 Å². The summed E-state index contributed by atoms with van der Waals surface area (Å²) in [5, 5.41) is 9.88. The first-order valence-corrected chi connectivity index (χ1v) is 12.3. The number of ether oxygens (including phenoxy) is 1. The van der Waals surface area contributed by atoms with Gasteiger partial charge in [-0.2, -0.15) is 0 Å². The molecule has 4 rings (SSSR count). The van der Waals surface area contributed by atoms with E-state index < -0.39 is 0 Å². The molecular weight excluding hydrogens is 457 g/mol. The minimum absolute atomic E-state index is 0.0438. The van der Waals surface area contributed by atoms with Crippen molar-refractivity contribution in [1.29, 1.82) is 0 Å². The van der Waals surface area contributed by atoms with Crippen molar-refractivity contribution in [1.82, 2.24) is 14.8 Å². The Labute approximate surface area is 212 Å². The van der Waals surface area contributed by atoms with Gasteiger partial charge in [-0.05, 0) is 38.6 Å². The van der Waals surface area contributed by atoms with Crippen LogP contribution in [0.1, 0.15) is 35.3 Å². The van der Waals surface area contributed by atoms with Crippen LogP contribution in [0.2, 0.25) is 0 Å². The highest BCUT2D eigenvalue weighted by atomic mass is 19.1. The van der Waals surface area contributed by atoms with Crippen molar-refractivity contribution in [2.75, 3.05) is 26.7 Å². The second kappa shape index (κ2) is 11.2. The van der Waals surface area contributed by atoms with E-state index in [2.05, 4.69) is 4.98 Å². The zero-order valence-corrected chi connectivity index (χ0v) is 21.3. The summed E-state index contributed by atoms with van der Waals surface area (Å²) in [7, 11) is 1.93. The van der Waals surface area contributed by atoms with Gasteiger partial charge < -0.3 is 14.7 Å². The number of halogens is 1. The molecule has 3 atom stereocenters. The number of aromatic nitrogens is 1. The number of amides is 1. The monoisotopic (exact) mass is 491 g/mol. The van der Waals surface area contributed by atoms with E-state index in [1.165, 1.54) is 6.07 Å². The molecule has 190 valence electrons. The first kappa shape index (κ1) is 25.8. The molecule has 1 aliphatic heterocycles. The molecule has 2 heterocycles. The third kappa shape index (κ3) is 5.74. The Morgan fingerprint density at radius 1 is 1.19 bits per heavy atom. The number of aliphatic hydroxyl groups is 1. The number of hydrogen-bond acceptors (Lipinski definition) is 5. The topological polar surface area (TPSA) is 65.9 Å². The number of hydrogen-bond donors (Lipinski definition) is 1. The van der Waals surface area contributed by atoms with Crippen LogP contribution in [0.4, 0.5) is 4.39 Å². The zero-order valence-electron chi connectivity index (χ0n) is 21.3. The van der Waals surface area contributed by atoms with Gasteiger partial charge in [0, 0.05) is 42.9 Å². The fourth-order valence-corrected chi connectivity index (χ4v) is 4.51. The van der Waals surface area contributed by atoms with E-state index in [-0.39, 0.29) is 42.3 Å². The first-order chi connectivity index (χ1) is 17.3. The predicted octanol–water partition coefficient (Wildman–Crippen LogP) is 4.55. The lowest BCUT2D eigenvalue weighted by Crippen LogP contribution is -2.49. The van der Waals surface area contributed by atoms with Crippen LogP contribution in [0.5, 0.6) is 5.88 Å². The van der Waals surface area contributed by atoms with Crippen LogP contribution in [0.25, 0.3) is 11.1 Å². The van der Waals surface area contributed by atoms with Gasteiger partial charge in [0.25, 0.3) is 5.91 Å². The van der Waals surface area contributed by atoms with Crippen LogP contribution < -0.4 is 4.74 Å². The molecule has 1 N–H and O–H groups in total. The molecule has 7 heteroatoms. The van der Waals surface area contributed by atoms with Crippen LogP contribution in [0.3, 0.4) is 0 Å². The molecular formula is C29H34FN3O3. The van der Waals surface area contributed by atoms with Gasteiger partial charge in [-0.1, -0.05) is 55.0 Å². The van der Waals surface area contributed by atoms with Crippen LogP contribution in [0, 0.1) is 18.7 Å². The third-order valence-corrected chi connectivity index (χ3v) is 6.80. The molecule has 1 amide bonds. The molecule has 0 bridgehead atoms. The summed E-state index contributed by atoms with van der Waals surface area (Å²) < 4.78 is 20.6. The maximum Gasteiger partial charge on any atom is 0.259 e. The highest BCUT2D eigenvalue weighted by molar-refractivity contribution is 5.98. The number of rotatable bonds is 7. The van der Waals surface area contributed by atoms with E-state index in [1.807, 2.05) is 69.1 Å². The van der Waals surface area contributed by atoms with Gasteiger partial charge in [0.1, 0.15) is 17.5 Å². The van der Waals surface area contributed by atoms with Crippen molar-refractivity contribution in [3.05, 3.63) is 83.3 Å². The van der Waals surface area contributed by atoms with Crippen molar-refractivity contribution < 1.29 is 19.0 Å². The highest BCUT2D eigenvalue weighted by Crippen LogP contribution is 2.30. The Kier molecular flexibility index (Phi) is 8.01. The molecule has 0 fully saturated rings. The van der Waals surface area contributed by atoms with Crippen LogP contribution in [-0.2, 0) is 6.54 Å². The lowest BCUT2D eigenvalue weighted by atomic mass is 9.99. The third-order valence-electron chi connectivity index (χ3n) is 6.80.